The van der Waals surface area contributed by atoms with Gasteiger partial charge >= 0.3 is 6.18 Å². The van der Waals surface area contributed by atoms with Crippen LogP contribution >= 0.6 is 0 Å². The van der Waals surface area contributed by atoms with E-state index in [1.165, 1.54) is 0 Å². The quantitative estimate of drug-likeness (QED) is 0.828. The van der Waals surface area contributed by atoms with Gasteiger partial charge in [-0.25, -0.2) is 0 Å². The summed E-state index contributed by atoms with van der Waals surface area (Å²) in [5.41, 5.74) is -1.95. The summed E-state index contributed by atoms with van der Waals surface area (Å²) >= 11 is 0. The normalized spacial score (nSPS) is 39.2. The molecule has 1 spiro atoms. The molecule has 2 unspecified atom stereocenters. The van der Waals surface area contributed by atoms with Gasteiger partial charge in [0.2, 0.25) is 0 Å². The molecule has 18 heavy (non-hydrogen) atoms. The Hall–Kier alpha value is -0.330. The maximum absolute atomic E-state index is 12.9. The Bertz CT molecular complexity index is 322. The van der Waals surface area contributed by atoms with Crippen molar-refractivity contribution in [3.05, 3.63) is 0 Å². The summed E-state index contributed by atoms with van der Waals surface area (Å²) in [6, 6.07) is -0.107. The third kappa shape index (κ3) is 2.14. The Morgan fingerprint density at radius 3 is 2.44 bits per heavy atom. The number of halogens is 3. The van der Waals surface area contributed by atoms with E-state index in [1.54, 1.807) is 0 Å². The van der Waals surface area contributed by atoms with Crippen LogP contribution in [0.4, 0.5) is 13.2 Å². The van der Waals surface area contributed by atoms with E-state index in [2.05, 4.69) is 5.32 Å². The molecule has 0 amide bonds. The zero-order chi connectivity index (χ0) is 12.9. The minimum atomic E-state index is -4.13. The van der Waals surface area contributed by atoms with Gasteiger partial charge in [-0.2, -0.15) is 13.2 Å². The van der Waals surface area contributed by atoms with E-state index in [-0.39, 0.29) is 24.5 Å². The maximum Gasteiger partial charge on any atom is 0.406 e. The smallest absolute Gasteiger partial charge is 0.378 e. The summed E-state index contributed by atoms with van der Waals surface area (Å²) in [5, 5.41) is 2.84. The van der Waals surface area contributed by atoms with E-state index in [0.717, 1.165) is 6.42 Å². The summed E-state index contributed by atoms with van der Waals surface area (Å²) < 4.78 is 49.8. The van der Waals surface area contributed by atoms with Crippen molar-refractivity contribution in [2.45, 2.75) is 55.5 Å². The Morgan fingerprint density at radius 2 is 1.89 bits per heavy atom. The number of rotatable bonds is 2. The summed E-state index contributed by atoms with van der Waals surface area (Å²) in [6.07, 6.45) is -1.64. The van der Waals surface area contributed by atoms with Crippen LogP contribution in [0.3, 0.4) is 0 Å². The Kier molecular flexibility index (Phi) is 2.88. The fraction of sp³-hybridized carbons (Fsp3) is 1.00. The molecule has 2 aliphatic heterocycles. The van der Waals surface area contributed by atoms with Crippen molar-refractivity contribution in [2.24, 2.45) is 0 Å². The highest BCUT2D eigenvalue weighted by atomic mass is 19.4. The molecule has 3 fully saturated rings. The molecular formula is C12H18F3NO2. The highest BCUT2D eigenvalue weighted by Gasteiger charge is 2.64. The van der Waals surface area contributed by atoms with Crippen LogP contribution in [0.2, 0.25) is 0 Å². The third-order valence-electron chi connectivity index (χ3n) is 4.33. The minimum absolute atomic E-state index is 0.107. The van der Waals surface area contributed by atoms with Crippen LogP contribution in [0, 0.1) is 0 Å². The molecule has 6 heteroatoms. The number of hydrogen-bond donors (Lipinski definition) is 1. The second-order valence-corrected chi connectivity index (χ2v) is 5.75. The number of alkyl halides is 3. The Morgan fingerprint density at radius 1 is 1.11 bits per heavy atom. The highest BCUT2D eigenvalue weighted by Crippen LogP contribution is 2.50. The Balaban J connectivity index is 1.63. The third-order valence-corrected chi connectivity index (χ3v) is 4.33. The predicted molar refractivity (Wildman–Crippen MR) is 58.3 cm³/mol. The molecule has 1 saturated carbocycles. The number of ether oxygens (including phenoxy) is 2. The molecular weight excluding hydrogens is 247 g/mol. The van der Waals surface area contributed by atoms with Gasteiger partial charge in [-0.1, -0.05) is 0 Å². The van der Waals surface area contributed by atoms with E-state index in [4.69, 9.17) is 9.47 Å². The maximum atomic E-state index is 12.9. The van der Waals surface area contributed by atoms with Crippen LogP contribution in [-0.2, 0) is 9.47 Å². The average Bonchev–Trinajstić information content (AvgIpc) is 2.95. The molecule has 3 nitrogen and oxygen atoms in total. The topological polar surface area (TPSA) is 30.5 Å². The number of nitrogens with one attached hydrogen (secondary N) is 1. The van der Waals surface area contributed by atoms with Crippen LogP contribution in [-0.4, -0.2) is 43.2 Å². The first-order valence-electron chi connectivity index (χ1n) is 6.51. The molecule has 1 aliphatic carbocycles. The summed E-state index contributed by atoms with van der Waals surface area (Å²) in [7, 11) is 0. The van der Waals surface area contributed by atoms with Crippen LogP contribution in [0.5, 0.6) is 0 Å². The molecule has 2 heterocycles. The van der Waals surface area contributed by atoms with E-state index in [9.17, 15) is 13.2 Å². The lowest BCUT2D eigenvalue weighted by Gasteiger charge is -2.39. The number of hydrogen-bond acceptors (Lipinski definition) is 3. The van der Waals surface area contributed by atoms with Crippen LogP contribution in [0.25, 0.3) is 0 Å². The van der Waals surface area contributed by atoms with Gasteiger partial charge in [-0.05, 0) is 25.7 Å². The summed E-state index contributed by atoms with van der Waals surface area (Å²) in [6.45, 7) is 1.69. The largest absolute Gasteiger partial charge is 0.406 e. The molecule has 2 saturated heterocycles. The fourth-order valence-electron chi connectivity index (χ4n) is 3.04. The van der Waals surface area contributed by atoms with Crippen LogP contribution in [0.15, 0.2) is 0 Å². The molecule has 0 radical (unpaired) electrons. The molecule has 3 rings (SSSR count). The first-order chi connectivity index (χ1) is 8.45. The first kappa shape index (κ1) is 12.7. The molecule has 0 aromatic heterocycles. The van der Waals surface area contributed by atoms with Crippen molar-refractivity contribution in [2.75, 3.05) is 19.8 Å². The van der Waals surface area contributed by atoms with Gasteiger partial charge in [0.15, 0.2) is 0 Å². The van der Waals surface area contributed by atoms with E-state index >= 15 is 0 Å². The monoisotopic (exact) mass is 265 g/mol. The Labute approximate surface area is 104 Å². The molecule has 0 bridgehead atoms. The van der Waals surface area contributed by atoms with Crippen molar-refractivity contribution < 1.29 is 22.6 Å². The standard InChI is InChI=1S/C12H18F3NO2/c13-12(14,15)11(2-3-11)16-9-1-5-18-10(7-9)4-6-17-8-10/h9,16H,1-8H2. The molecule has 3 aliphatic rings. The zero-order valence-corrected chi connectivity index (χ0v) is 10.2. The van der Waals surface area contributed by atoms with Crippen molar-refractivity contribution in [1.82, 2.24) is 5.32 Å². The van der Waals surface area contributed by atoms with Crippen molar-refractivity contribution in [3.63, 3.8) is 0 Å². The second kappa shape index (κ2) is 4.08. The van der Waals surface area contributed by atoms with Gasteiger partial charge in [0.05, 0.1) is 12.2 Å². The van der Waals surface area contributed by atoms with Crippen molar-refractivity contribution >= 4 is 0 Å². The summed E-state index contributed by atoms with van der Waals surface area (Å²) in [4.78, 5) is 0. The van der Waals surface area contributed by atoms with Gasteiger partial charge in [0.25, 0.3) is 0 Å². The van der Waals surface area contributed by atoms with Crippen molar-refractivity contribution in [1.29, 1.82) is 0 Å². The van der Waals surface area contributed by atoms with E-state index < -0.39 is 11.7 Å². The lowest BCUT2D eigenvalue weighted by Crippen LogP contribution is -2.55. The van der Waals surface area contributed by atoms with Gasteiger partial charge in [-0.3, -0.25) is 0 Å². The van der Waals surface area contributed by atoms with Crippen LogP contribution in [0.1, 0.15) is 32.1 Å². The van der Waals surface area contributed by atoms with E-state index in [1.807, 2.05) is 0 Å². The highest BCUT2D eigenvalue weighted by molar-refractivity contribution is 5.10. The second-order valence-electron chi connectivity index (χ2n) is 5.75. The average molecular weight is 265 g/mol. The molecule has 104 valence electrons. The molecule has 0 aromatic rings. The summed E-state index contributed by atoms with van der Waals surface area (Å²) in [5.74, 6) is 0. The van der Waals surface area contributed by atoms with Gasteiger partial charge in [-0.15, -0.1) is 0 Å². The minimum Gasteiger partial charge on any atom is -0.378 e. The lowest BCUT2D eigenvalue weighted by atomic mass is 9.89. The molecule has 2 atom stereocenters. The van der Waals surface area contributed by atoms with Crippen LogP contribution < -0.4 is 5.32 Å². The zero-order valence-electron chi connectivity index (χ0n) is 10.2. The lowest BCUT2D eigenvalue weighted by molar-refractivity contribution is -0.173. The van der Waals surface area contributed by atoms with Gasteiger partial charge in [0.1, 0.15) is 5.54 Å². The first-order valence-corrected chi connectivity index (χ1v) is 6.51. The van der Waals surface area contributed by atoms with Gasteiger partial charge < -0.3 is 14.8 Å². The SMILES string of the molecule is FC(F)(F)C1(NC2CCOC3(CCOC3)C2)CC1. The van der Waals surface area contributed by atoms with E-state index in [0.29, 0.717) is 32.7 Å². The molecule has 1 N–H and O–H groups in total. The fourth-order valence-corrected chi connectivity index (χ4v) is 3.04. The van der Waals surface area contributed by atoms with Crippen molar-refractivity contribution in [3.8, 4) is 0 Å². The molecule has 0 aromatic carbocycles. The predicted octanol–water partition coefficient (Wildman–Crippen LogP) is 2.01. The van der Waals surface area contributed by atoms with Gasteiger partial charge in [0, 0.05) is 25.7 Å².